The van der Waals surface area contributed by atoms with Gasteiger partial charge in [0.1, 0.15) is 0 Å². The van der Waals surface area contributed by atoms with Crippen LogP contribution in [0.15, 0.2) is 66.7 Å². The molecule has 0 atom stereocenters. The Labute approximate surface area is 125 Å². The van der Waals surface area contributed by atoms with Gasteiger partial charge in [-0.2, -0.15) is 0 Å². The highest BCUT2D eigenvalue weighted by Gasteiger charge is 2.15. The Kier molecular flexibility index (Phi) is 2.75. The Morgan fingerprint density at radius 1 is 0.524 bits per heavy atom. The molecule has 0 unspecified atom stereocenters. The average Bonchev–Trinajstić information content (AvgIpc) is 2.52. The van der Waals surface area contributed by atoms with Crippen molar-refractivity contribution in [1.82, 2.24) is 0 Å². The van der Waals surface area contributed by atoms with E-state index in [1.54, 1.807) is 0 Å². The molecule has 0 spiro atoms. The summed E-state index contributed by atoms with van der Waals surface area (Å²) in [7, 11) is 0. The molecule has 0 amide bonds. The fourth-order valence-electron chi connectivity index (χ4n) is 3.19. The van der Waals surface area contributed by atoms with E-state index >= 15 is 0 Å². The molecule has 0 radical (unpaired) electrons. The van der Waals surface area contributed by atoms with Gasteiger partial charge in [0.05, 0.1) is 0 Å². The first-order valence-electron chi connectivity index (χ1n) is 7.31. The second-order valence-electron chi connectivity index (χ2n) is 5.51. The van der Waals surface area contributed by atoms with E-state index in [0.29, 0.717) is 0 Å². The molecule has 0 heterocycles. The Bertz CT molecular complexity index is 853. The quantitative estimate of drug-likeness (QED) is 0.377. The van der Waals surface area contributed by atoms with Gasteiger partial charge in [-0.15, -0.1) is 0 Å². The van der Waals surface area contributed by atoms with Gasteiger partial charge in [-0.3, -0.25) is 0 Å². The molecule has 0 nitrogen and oxygen atoms in total. The minimum absolute atomic E-state index is 1.28. The second-order valence-corrected chi connectivity index (χ2v) is 5.51. The van der Waals surface area contributed by atoms with Crippen molar-refractivity contribution in [3.05, 3.63) is 83.4 Å². The molecular formula is C21H16. The molecule has 3 aromatic rings. The fraction of sp³-hybridized carbons (Fsp3) is 0.0476. The highest BCUT2D eigenvalue weighted by molar-refractivity contribution is 5.96. The zero-order chi connectivity index (χ0) is 14.2. The number of rotatable bonds is 0. The topological polar surface area (TPSA) is 0 Å². The lowest BCUT2D eigenvalue weighted by Crippen LogP contribution is -1.95. The lowest BCUT2D eigenvalue weighted by molar-refractivity contribution is 1.44. The first-order valence-corrected chi connectivity index (χ1v) is 7.31. The monoisotopic (exact) mass is 268 g/mol. The largest absolute Gasteiger partial charge is 0.0616 e. The van der Waals surface area contributed by atoms with Crippen molar-refractivity contribution in [1.29, 1.82) is 0 Å². The van der Waals surface area contributed by atoms with Crippen molar-refractivity contribution in [2.75, 3.05) is 0 Å². The Morgan fingerprint density at radius 2 is 1.10 bits per heavy atom. The first-order chi connectivity index (χ1) is 10.3. The zero-order valence-corrected chi connectivity index (χ0v) is 12.0. The molecule has 0 N–H and O–H groups in total. The molecular weight excluding hydrogens is 252 g/mol. The van der Waals surface area contributed by atoms with Crippen molar-refractivity contribution >= 4 is 12.2 Å². The van der Waals surface area contributed by atoms with Crippen LogP contribution >= 0.6 is 0 Å². The first kappa shape index (κ1) is 12.2. The Morgan fingerprint density at radius 3 is 1.86 bits per heavy atom. The minimum atomic E-state index is 1.28. The van der Waals surface area contributed by atoms with Gasteiger partial charge >= 0.3 is 0 Å². The molecule has 0 heteroatoms. The summed E-state index contributed by atoms with van der Waals surface area (Å²) in [4.78, 5) is 0. The van der Waals surface area contributed by atoms with E-state index in [1.807, 2.05) is 0 Å². The van der Waals surface area contributed by atoms with Crippen molar-refractivity contribution in [2.45, 2.75) is 6.92 Å². The summed E-state index contributed by atoms with van der Waals surface area (Å²) in [5, 5.41) is 0. The maximum Gasteiger partial charge on any atom is -0.00699 e. The predicted molar refractivity (Wildman–Crippen MR) is 91.0 cm³/mol. The molecule has 100 valence electrons. The molecule has 0 saturated heterocycles. The van der Waals surface area contributed by atoms with Gasteiger partial charge in [0.2, 0.25) is 0 Å². The summed E-state index contributed by atoms with van der Waals surface area (Å²) >= 11 is 0. The summed E-state index contributed by atoms with van der Waals surface area (Å²) in [6.45, 7) is 2.20. The van der Waals surface area contributed by atoms with Gasteiger partial charge in [0.25, 0.3) is 0 Å². The van der Waals surface area contributed by atoms with Crippen LogP contribution in [0, 0.1) is 6.92 Å². The van der Waals surface area contributed by atoms with E-state index in [2.05, 4.69) is 85.8 Å². The number of fused-ring (bicyclic) bond motifs is 5. The molecule has 1 aliphatic carbocycles. The lowest BCUT2D eigenvalue weighted by Gasteiger charge is -2.19. The second kappa shape index (κ2) is 4.75. The van der Waals surface area contributed by atoms with Gasteiger partial charge < -0.3 is 0 Å². The Hall–Kier alpha value is -2.60. The number of hydrogen-bond acceptors (Lipinski definition) is 0. The average molecular weight is 268 g/mol. The minimum Gasteiger partial charge on any atom is -0.0616 e. The molecule has 3 aromatic carbocycles. The third-order valence-electron chi connectivity index (χ3n) is 4.20. The molecule has 1 aliphatic rings. The van der Waals surface area contributed by atoms with E-state index in [1.165, 1.54) is 38.9 Å². The molecule has 0 aromatic heterocycles. The van der Waals surface area contributed by atoms with Crippen molar-refractivity contribution in [3.63, 3.8) is 0 Å². The van der Waals surface area contributed by atoms with Crippen molar-refractivity contribution in [3.8, 4) is 22.3 Å². The lowest BCUT2D eigenvalue weighted by atomic mass is 9.85. The number of aryl methyl sites for hydroxylation is 1. The summed E-state index contributed by atoms with van der Waals surface area (Å²) < 4.78 is 0. The van der Waals surface area contributed by atoms with Crippen LogP contribution in [0.1, 0.15) is 16.7 Å². The van der Waals surface area contributed by atoms with Crippen LogP contribution in [-0.2, 0) is 0 Å². The van der Waals surface area contributed by atoms with Gasteiger partial charge in [0, 0.05) is 0 Å². The number of benzene rings is 3. The van der Waals surface area contributed by atoms with Gasteiger partial charge in [0.15, 0.2) is 0 Å². The number of hydrogen-bond donors (Lipinski definition) is 0. The van der Waals surface area contributed by atoms with Crippen molar-refractivity contribution in [2.24, 2.45) is 0 Å². The van der Waals surface area contributed by atoms with E-state index in [4.69, 9.17) is 0 Å². The summed E-state index contributed by atoms with van der Waals surface area (Å²) in [5.74, 6) is 0. The van der Waals surface area contributed by atoms with E-state index < -0.39 is 0 Å². The summed E-state index contributed by atoms with van der Waals surface area (Å²) in [6, 6.07) is 23.8. The molecule has 0 fully saturated rings. The highest BCUT2D eigenvalue weighted by Crippen LogP contribution is 2.40. The normalized spacial score (nSPS) is 13.4. The zero-order valence-electron chi connectivity index (χ0n) is 12.0. The van der Waals surface area contributed by atoms with Gasteiger partial charge in [-0.25, -0.2) is 0 Å². The Balaban J connectivity index is 2.17. The predicted octanol–water partition coefficient (Wildman–Crippen LogP) is 5.81. The van der Waals surface area contributed by atoms with Gasteiger partial charge in [-0.1, -0.05) is 78.9 Å². The summed E-state index contributed by atoms with van der Waals surface area (Å²) in [6.07, 6.45) is 4.45. The van der Waals surface area contributed by atoms with Crippen LogP contribution in [0.4, 0.5) is 0 Å². The third kappa shape index (κ3) is 1.92. The SMILES string of the molecule is Cc1cccc2c1-c1ccccc1/C=C\c1ccccc1-2. The molecule has 0 bridgehead atoms. The smallest absolute Gasteiger partial charge is 0.00699 e. The van der Waals surface area contributed by atoms with Crippen LogP contribution < -0.4 is 0 Å². The van der Waals surface area contributed by atoms with Crippen LogP contribution in [0.25, 0.3) is 34.4 Å². The fourth-order valence-corrected chi connectivity index (χ4v) is 3.19. The van der Waals surface area contributed by atoms with Crippen LogP contribution in [0.2, 0.25) is 0 Å². The van der Waals surface area contributed by atoms with E-state index in [9.17, 15) is 0 Å². The van der Waals surface area contributed by atoms with Crippen molar-refractivity contribution < 1.29 is 0 Å². The standard InChI is InChI=1S/C21H16/c1-15-7-6-12-20-18-10-4-2-8-16(18)13-14-17-9-3-5-11-19(17)21(15)20/h2-14H,1H3/b14-13-,16-13?,17-14?,20-18?,21-19?. The summed E-state index contributed by atoms with van der Waals surface area (Å²) in [5.41, 5.74) is 9.18. The molecule has 0 aliphatic heterocycles. The van der Waals surface area contributed by atoms with E-state index in [-0.39, 0.29) is 0 Å². The maximum atomic E-state index is 2.23. The van der Waals surface area contributed by atoms with Gasteiger partial charge in [-0.05, 0) is 45.9 Å². The van der Waals surface area contributed by atoms with E-state index in [0.717, 1.165) is 0 Å². The molecule has 0 saturated carbocycles. The third-order valence-corrected chi connectivity index (χ3v) is 4.20. The molecule has 4 rings (SSSR count). The maximum absolute atomic E-state index is 2.23. The van der Waals surface area contributed by atoms with Crippen LogP contribution in [0.3, 0.4) is 0 Å². The van der Waals surface area contributed by atoms with Crippen LogP contribution in [-0.4, -0.2) is 0 Å². The molecule has 21 heavy (non-hydrogen) atoms. The van der Waals surface area contributed by atoms with Crippen LogP contribution in [0.5, 0.6) is 0 Å². The highest BCUT2D eigenvalue weighted by atomic mass is 14.2.